The fourth-order valence-corrected chi connectivity index (χ4v) is 5.17. The molecule has 1 spiro atoms. The minimum atomic E-state index is -0.738. The van der Waals surface area contributed by atoms with Crippen molar-refractivity contribution in [3.63, 3.8) is 0 Å². The van der Waals surface area contributed by atoms with E-state index in [2.05, 4.69) is 19.1 Å². The van der Waals surface area contributed by atoms with E-state index in [0.29, 0.717) is 25.0 Å². The van der Waals surface area contributed by atoms with E-state index < -0.39 is 17.7 Å². The molecule has 1 aromatic carbocycles. The monoisotopic (exact) mass is 376 g/mol. The number of hydrogen-bond acceptors (Lipinski definition) is 5. The summed E-state index contributed by atoms with van der Waals surface area (Å²) in [5.74, 6) is 0.205. The summed E-state index contributed by atoms with van der Waals surface area (Å²) < 4.78 is 18.1. The lowest BCUT2D eigenvalue weighted by atomic mass is 9.65. The molecule has 3 aliphatic heterocycles. The van der Waals surface area contributed by atoms with Gasteiger partial charge in [0.1, 0.15) is 0 Å². The third-order valence-corrected chi connectivity index (χ3v) is 6.91. The van der Waals surface area contributed by atoms with Crippen LogP contribution in [-0.4, -0.2) is 31.4 Å². The van der Waals surface area contributed by atoms with E-state index in [1.54, 1.807) is 7.11 Å². The van der Waals surface area contributed by atoms with Crippen LogP contribution in [0.25, 0.3) is 0 Å². The van der Waals surface area contributed by atoms with Gasteiger partial charge in [-0.1, -0.05) is 43.7 Å². The van der Waals surface area contributed by atoms with Crippen molar-refractivity contribution in [2.75, 3.05) is 13.7 Å². The minimum Gasteiger partial charge on any atom is -0.377 e. The number of methoxy groups -OCH3 is 1. The summed E-state index contributed by atoms with van der Waals surface area (Å²) in [6.07, 6.45) is 4.99. The first-order chi connectivity index (χ1) is 13.1. The first-order valence-electron chi connectivity index (χ1n) is 10.3. The Morgan fingerprint density at radius 2 is 1.96 bits per heavy atom. The summed E-state index contributed by atoms with van der Waals surface area (Å²) in [5.41, 5.74) is 0.666. The third kappa shape index (κ3) is 3.45. The largest absolute Gasteiger partial charge is 0.377 e. The zero-order chi connectivity index (χ0) is 18.9. The molecular weight excluding hydrogens is 344 g/mol. The zero-order valence-corrected chi connectivity index (χ0v) is 16.7. The summed E-state index contributed by atoms with van der Waals surface area (Å²) in [4.78, 5) is 12.0. The minimum absolute atomic E-state index is 0.262. The molecule has 6 atom stereocenters. The maximum atomic E-state index is 6.32. The Kier molecular flexibility index (Phi) is 5.59. The number of rotatable bonds is 6. The Hall–Kier alpha value is -0.980. The molecule has 1 saturated carbocycles. The summed E-state index contributed by atoms with van der Waals surface area (Å²) in [6.45, 7) is 5.48. The highest BCUT2D eigenvalue weighted by atomic mass is 17.3. The fourth-order valence-electron chi connectivity index (χ4n) is 5.17. The molecule has 5 rings (SSSR count). The lowest BCUT2D eigenvalue weighted by molar-refractivity contribution is -0.560. The van der Waals surface area contributed by atoms with E-state index in [1.165, 1.54) is 12.0 Å². The number of ether oxygens (including phenoxy) is 3. The van der Waals surface area contributed by atoms with Crippen molar-refractivity contribution in [2.24, 2.45) is 17.8 Å². The van der Waals surface area contributed by atoms with Gasteiger partial charge in [0.15, 0.2) is 11.9 Å². The highest BCUT2D eigenvalue weighted by molar-refractivity contribution is 5.13. The van der Waals surface area contributed by atoms with Crippen LogP contribution in [0.15, 0.2) is 30.3 Å². The van der Waals surface area contributed by atoms with E-state index in [0.717, 1.165) is 25.7 Å². The van der Waals surface area contributed by atoms with Gasteiger partial charge in [-0.05, 0) is 50.0 Å². The predicted molar refractivity (Wildman–Crippen MR) is 101 cm³/mol. The van der Waals surface area contributed by atoms with E-state index in [4.69, 9.17) is 24.0 Å². The molecule has 1 aromatic rings. The van der Waals surface area contributed by atoms with Crippen LogP contribution in [0.5, 0.6) is 0 Å². The van der Waals surface area contributed by atoms with Crippen molar-refractivity contribution in [3.05, 3.63) is 35.9 Å². The van der Waals surface area contributed by atoms with Gasteiger partial charge in [-0.3, -0.25) is 0 Å². The number of fused-ring (bicyclic) bond motifs is 3. The summed E-state index contributed by atoms with van der Waals surface area (Å²) in [6, 6.07) is 10.3. The second kappa shape index (κ2) is 7.80. The molecule has 0 N–H and O–H groups in total. The topological polar surface area (TPSA) is 46.2 Å². The van der Waals surface area contributed by atoms with Gasteiger partial charge < -0.3 is 14.2 Å². The highest BCUT2D eigenvalue weighted by Gasteiger charge is 2.65. The van der Waals surface area contributed by atoms with Crippen molar-refractivity contribution in [3.8, 4) is 0 Å². The molecule has 3 saturated heterocycles. The van der Waals surface area contributed by atoms with Crippen LogP contribution in [0.4, 0.5) is 0 Å². The van der Waals surface area contributed by atoms with E-state index in [1.807, 2.05) is 25.1 Å². The maximum absolute atomic E-state index is 6.32. The molecule has 150 valence electrons. The number of hydrogen-bond donors (Lipinski definition) is 0. The van der Waals surface area contributed by atoms with Crippen LogP contribution in [-0.2, 0) is 30.6 Å². The standard InChI is InChI=1S/C22H32O5/c1-16-14-19-11-7-10-18(12-13-24-15-17-8-5-4-6-9-17)22(19)20(23-3)25-21(16,2)26-27-22/h4-6,8-9,16,18-20H,7,10-15H2,1-3H3/t16-,18+,19-,20+,21-,22?/m0/s1. The number of benzene rings is 1. The van der Waals surface area contributed by atoms with Gasteiger partial charge in [0.2, 0.25) is 5.79 Å². The smallest absolute Gasteiger partial charge is 0.204 e. The second-order valence-corrected chi connectivity index (χ2v) is 8.51. The maximum Gasteiger partial charge on any atom is 0.204 e. The zero-order valence-electron chi connectivity index (χ0n) is 16.7. The Labute approximate surface area is 162 Å². The van der Waals surface area contributed by atoms with Gasteiger partial charge >= 0.3 is 0 Å². The average molecular weight is 376 g/mol. The van der Waals surface area contributed by atoms with Crippen molar-refractivity contribution < 1.29 is 24.0 Å². The average Bonchev–Trinajstić information content (AvgIpc) is 2.86. The summed E-state index contributed by atoms with van der Waals surface area (Å²) in [5, 5.41) is 0. The van der Waals surface area contributed by atoms with Crippen LogP contribution in [0, 0.1) is 17.8 Å². The van der Waals surface area contributed by atoms with Crippen LogP contribution in [0.2, 0.25) is 0 Å². The summed E-state index contributed by atoms with van der Waals surface area (Å²) in [7, 11) is 1.71. The molecule has 4 fully saturated rings. The Balaban J connectivity index is 1.46. The molecule has 0 radical (unpaired) electrons. The van der Waals surface area contributed by atoms with Gasteiger partial charge in [0.05, 0.1) is 6.61 Å². The van der Waals surface area contributed by atoms with Crippen molar-refractivity contribution in [1.82, 2.24) is 0 Å². The fraction of sp³-hybridized carbons (Fsp3) is 0.727. The van der Waals surface area contributed by atoms with Crippen molar-refractivity contribution >= 4 is 0 Å². The van der Waals surface area contributed by atoms with Crippen LogP contribution >= 0.6 is 0 Å². The highest BCUT2D eigenvalue weighted by Crippen LogP contribution is 2.56. The molecule has 2 bridgehead atoms. The summed E-state index contributed by atoms with van der Waals surface area (Å²) >= 11 is 0. The normalized spacial score (nSPS) is 41.1. The van der Waals surface area contributed by atoms with Gasteiger partial charge in [0, 0.05) is 19.6 Å². The van der Waals surface area contributed by atoms with Gasteiger partial charge in [-0.25, -0.2) is 9.78 Å². The second-order valence-electron chi connectivity index (χ2n) is 8.51. The SMILES string of the molecule is CO[C@@H]1O[C@@]2(C)OOC13[C@@H](CCOCc1ccccc1)CCC[C@H]3C[C@@H]2C. The molecule has 0 amide bonds. The molecule has 3 heterocycles. The molecule has 27 heavy (non-hydrogen) atoms. The van der Waals surface area contributed by atoms with Crippen LogP contribution in [0.1, 0.15) is 51.5 Å². The first kappa shape index (κ1) is 19.3. The lowest BCUT2D eigenvalue weighted by Gasteiger charge is -2.53. The molecule has 5 nitrogen and oxygen atoms in total. The van der Waals surface area contributed by atoms with Crippen LogP contribution < -0.4 is 0 Å². The Morgan fingerprint density at radius 1 is 1.15 bits per heavy atom. The van der Waals surface area contributed by atoms with Gasteiger partial charge in [0.25, 0.3) is 0 Å². The molecule has 0 aromatic heterocycles. The molecule has 1 unspecified atom stereocenters. The quantitative estimate of drug-likeness (QED) is 0.542. The van der Waals surface area contributed by atoms with E-state index in [9.17, 15) is 0 Å². The van der Waals surface area contributed by atoms with Crippen LogP contribution in [0.3, 0.4) is 0 Å². The van der Waals surface area contributed by atoms with Gasteiger partial charge in [-0.2, -0.15) is 0 Å². The Bertz CT molecular complexity index is 618. The van der Waals surface area contributed by atoms with E-state index >= 15 is 0 Å². The van der Waals surface area contributed by atoms with E-state index in [-0.39, 0.29) is 5.92 Å². The lowest BCUT2D eigenvalue weighted by Crippen LogP contribution is -2.63. The molecule has 4 aliphatic rings. The predicted octanol–water partition coefficient (Wildman–Crippen LogP) is 4.46. The first-order valence-corrected chi connectivity index (χ1v) is 10.3. The van der Waals surface area contributed by atoms with Gasteiger partial charge in [-0.15, -0.1) is 0 Å². The Morgan fingerprint density at radius 3 is 2.74 bits per heavy atom. The molecule has 5 heteroatoms. The van der Waals surface area contributed by atoms with Crippen molar-refractivity contribution in [1.29, 1.82) is 0 Å². The molecule has 1 aliphatic carbocycles. The van der Waals surface area contributed by atoms with Crippen molar-refractivity contribution in [2.45, 2.75) is 70.2 Å². The molecular formula is C22H32O5. The third-order valence-electron chi connectivity index (χ3n) is 6.91.